The predicted octanol–water partition coefficient (Wildman–Crippen LogP) is 17.2. The van der Waals surface area contributed by atoms with Crippen molar-refractivity contribution >= 4 is 31.7 Å². The second-order valence-corrected chi connectivity index (χ2v) is 35.2. The van der Waals surface area contributed by atoms with E-state index in [1.54, 1.807) is 0 Å². The summed E-state index contributed by atoms with van der Waals surface area (Å²) in [5.74, 6) is -2.32. The highest BCUT2D eigenvalue weighted by Crippen LogP contribution is 2.49. The third-order valence-electron chi connectivity index (χ3n) is 23.1. The van der Waals surface area contributed by atoms with Crippen molar-refractivity contribution < 1.29 is 122 Å². The number of hydrogen-bond donors (Lipinski definition) is 10. The molecule has 2 heterocycles. The molecule has 19 unspecified atom stereocenters. The van der Waals surface area contributed by atoms with Gasteiger partial charge in [-0.2, -0.15) is 0 Å². The van der Waals surface area contributed by atoms with E-state index in [1.165, 1.54) is 173 Å². The van der Waals surface area contributed by atoms with E-state index >= 15 is 0 Å². The van der Waals surface area contributed by atoms with Crippen LogP contribution < -0.4 is 0 Å². The van der Waals surface area contributed by atoms with Gasteiger partial charge in [-0.15, -0.1) is 0 Å². The first-order valence-electron chi connectivity index (χ1n) is 47.0. The standard InChI is InChI=1S/C91H167O25P/c1-6-10-14-18-22-25-28-31-32-33-36-37-40-43-50-56-62-74(93)107-67-71(110-76(95)64-58-52-44-41-38-34-29-26-23-19-15-11-7-2)68-109-117(105,106)116-89-87(114-90-84(103)80(99)78(97)72(66-92)111-90)83(102)82(101)86(113-77(96)65-59-53-45-42-39-35-30-27-24-20-16-12-8-3)88(89)115-91-85(104)81(100)79(98)73(112-91)69-108-75(94)63-57-51-47-46-49-55-61-70(5)60-54-48-21-17-13-9-4/h34-35,38-39,70-73,78-92,97-104H,6-33,36-37,40-69H2,1-5H3,(H,105,106)/b38-34-,39-35-. The van der Waals surface area contributed by atoms with Gasteiger partial charge in [-0.1, -0.05) is 316 Å². The summed E-state index contributed by atoms with van der Waals surface area (Å²) < 4.78 is 73.4. The molecular weight excluding hydrogens is 1520 g/mol. The molecule has 117 heavy (non-hydrogen) atoms. The summed E-state index contributed by atoms with van der Waals surface area (Å²) in [7, 11) is -5.81. The lowest BCUT2D eigenvalue weighted by molar-refractivity contribution is -0.360. The molecule has 0 spiro atoms. The molecule has 0 radical (unpaired) electrons. The van der Waals surface area contributed by atoms with E-state index in [4.69, 9.17) is 46.9 Å². The zero-order valence-electron chi connectivity index (χ0n) is 73.2. The van der Waals surface area contributed by atoms with Crippen molar-refractivity contribution in [1.29, 1.82) is 0 Å². The molecule has 0 amide bonds. The molecule has 2 saturated heterocycles. The van der Waals surface area contributed by atoms with Crippen LogP contribution >= 0.6 is 7.82 Å². The van der Waals surface area contributed by atoms with Gasteiger partial charge in [0.25, 0.3) is 0 Å². The summed E-state index contributed by atoms with van der Waals surface area (Å²) in [4.78, 5) is 66.4. The van der Waals surface area contributed by atoms with E-state index in [9.17, 15) is 74.6 Å². The van der Waals surface area contributed by atoms with Crippen LogP contribution in [-0.4, -0.2) is 205 Å². The van der Waals surface area contributed by atoms with Crippen molar-refractivity contribution in [3.8, 4) is 0 Å². The molecule has 0 aromatic rings. The molecule has 1 saturated carbocycles. The van der Waals surface area contributed by atoms with Gasteiger partial charge in [0.05, 0.1) is 13.2 Å². The number of carbonyl (C=O) groups is 4. The van der Waals surface area contributed by atoms with Crippen molar-refractivity contribution in [2.24, 2.45) is 5.92 Å². The fourth-order valence-corrected chi connectivity index (χ4v) is 16.5. The lowest BCUT2D eigenvalue weighted by Crippen LogP contribution is -2.70. The van der Waals surface area contributed by atoms with Gasteiger partial charge in [0.2, 0.25) is 0 Å². The largest absolute Gasteiger partial charge is 0.472 e. The van der Waals surface area contributed by atoms with E-state index in [1.807, 2.05) is 0 Å². The van der Waals surface area contributed by atoms with Gasteiger partial charge < -0.3 is 88.7 Å². The van der Waals surface area contributed by atoms with Crippen molar-refractivity contribution in [3.05, 3.63) is 24.3 Å². The van der Waals surface area contributed by atoms with Crippen LogP contribution in [0.3, 0.4) is 0 Å². The van der Waals surface area contributed by atoms with Gasteiger partial charge >= 0.3 is 31.7 Å². The minimum absolute atomic E-state index is 0.0126. The number of phosphoric acid groups is 1. The van der Waals surface area contributed by atoms with Crippen molar-refractivity contribution in [3.63, 3.8) is 0 Å². The summed E-state index contributed by atoms with van der Waals surface area (Å²) in [5.41, 5.74) is 0. The van der Waals surface area contributed by atoms with Crippen LogP contribution in [0.4, 0.5) is 0 Å². The number of ether oxygens (including phenoxy) is 8. The molecule has 25 nitrogen and oxygen atoms in total. The minimum Gasteiger partial charge on any atom is -0.463 e. The molecule has 1 aliphatic carbocycles. The van der Waals surface area contributed by atoms with Gasteiger partial charge in [0.15, 0.2) is 24.8 Å². The normalized spacial score (nSPS) is 25.4. The van der Waals surface area contributed by atoms with Crippen LogP contribution in [0.25, 0.3) is 0 Å². The molecule has 0 aromatic carbocycles. The fourth-order valence-electron chi connectivity index (χ4n) is 15.5. The molecular formula is C91H167O25P. The summed E-state index contributed by atoms with van der Waals surface area (Å²) in [6.45, 7) is 7.88. The molecule has 3 fully saturated rings. The first kappa shape index (κ1) is 108. The van der Waals surface area contributed by atoms with Crippen LogP contribution in [0.1, 0.15) is 394 Å². The van der Waals surface area contributed by atoms with Crippen LogP contribution in [0.2, 0.25) is 0 Å². The molecule has 0 aromatic heterocycles. The summed E-state index contributed by atoms with van der Waals surface area (Å²) in [6, 6.07) is 0. The van der Waals surface area contributed by atoms with E-state index in [2.05, 4.69) is 58.9 Å². The second-order valence-electron chi connectivity index (χ2n) is 33.8. The summed E-state index contributed by atoms with van der Waals surface area (Å²) in [6.07, 6.45) is 27.7. The number of rotatable bonds is 75. The smallest absolute Gasteiger partial charge is 0.463 e. The molecule has 26 heteroatoms. The fraction of sp³-hybridized carbons (Fsp3) is 0.912. The Bertz CT molecular complexity index is 2550. The zero-order valence-corrected chi connectivity index (χ0v) is 74.1. The third kappa shape index (κ3) is 49.9. The second kappa shape index (κ2) is 69.3. The number of allylic oxidation sites excluding steroid dienone is 4. The molecule has 10 N–H and O–H groups in total. The molecule has 3 aliphatic rings. The van der Waals surface area contributed by atoms with Crippen molar-refractivity contribution in [2.75, 3.05) is 26.4 Å². The molecule has 0 bridgehead atoms. The van der Waals surface area contributed by atoms with Gasteiger partial charge in [-0.25, -0.2) is 4.57 Å². The number of aliphatic hydroxyl groups excluding tert-OH is 9. The van der Waals surface area contributed by atoms with Crippen LogP contribution in [0.5, 0.6) is 0 Å². The summed E-state index contributed by atoms with van der Waals surface area (Å²) >= 11 is 0. The first-order valence-corrected chi connectivity index (χ1v) is 48.5. The first-order chi connectivity index (χ1) is 56.6. The molecule has 686 valence electrons. The van der Waals surface area contributed by atoms with Crippen LogP contribution in [0, 0.1) is 5.92 Å². The number of hydrogen-bond acceptors (Lipinski definition) is 24. The third-order valence-corrected chi connectivity index (χ3v) is 24.1. The monoisotopic (exact) mass is 1690 g/mol. The average Bonchev–Trinajstić information content (AvgIpc) is 0.754. The van der Waals surface area contributed by atoms with E-state index < -0.39 is 162 Å². The highest BCUT2D eigenvalue weighted by Gasteiger charge is 2.60. The highest BCUT2D eigenvalue weighted by molar-refractivity contribution is 7.47. The van der Waals surface area contributed by atoms with Gasteiger partial charge in [-0.05, 0) is 83.0 Å². The van der Waals surface area contributed by atoms with Gasteiger partial charge in [0.1, 0.15) is 92.6 Å². The van der Waals surface area contributed by atoms with E-state index in [0.29, 0.717) is 44.4 Å². The lowest BCUT2D eigenvalue weighted by Gasteiger charge is -2.50. The SMILES string of the molecule is CCCCCCCC/C=C\CCCCCC(=O)OC(COC(=O)CCCCCCCCCCCCCCCCCC)COP(=O)(O)OC1C(OC2OC(CO)C(O)C(O)C2O)C(O)C(O)C(OC(=O)CCCCC/C=C\CCCCCCCC)C1OC1OC(COC(=O)CCCCCCCCC(C)CCCCCCCC)C(O)C(O)C1O. The van der Waals surface area contributed by atoms with E-state index in [-0.39, 0.29) is 32.1 Å². The van der Waals surface area contributed by atoms with E-state index in [0.717, 1.165) is 116 Å². The maximum atomic E-state index is 14.9. The average molecular weight is 1690 g/mol. The molecule has 19 atom stereocenters. The Morgan fingerprint density at radius 2 is 0.692 bits per heavy atom. The number of carbonyl (C=O) groups excluding carboxylic acids is 4. The quantitative estimate of drug-likeness (QED) is 0.00889. The Hall–Kier alpha value is -3.05. The summed E-state index contributed by atoms with van der Waals surface area (Å²) in [5, 5.41) is 102. The van der Waals surface area contributed by atoms with Crippen molar-refractivity contribution in [1.82, 2.24) is 0 Å². The Labute approximate surface area is 704 Å². The maximum absolute atomic E-state index is 14.9. The Balaban J connectivity index is 1.92. The number of aliphatic hydroxyl groups is 9. The molecule has 3 rings (SSSR count). The Morgan fingerprint density at radius 1 is 0.359 bits per heavy atom. The Morgan fingerprint density at radius 3 is 1.11 bits per heavy atom. The maximum Gasteiger partial charge on any atom is 0.472 e. The number of phosphoric ester groups is 1. The number of unbranched alkanes of at least 4 members (excludes halogenated alkanes) is 43. The molecule has 2 aliphatic heterocycles. The minimum atomic E-state index is -5.81. The van der Waals surface area contributed by atoms with Gasteiger partial charge in [0, 0.05) is 25.7 Å². The topological polar surface area (TPSA) is 380 Å². The zero-order chi connectivity index (χ0) is 85.5. The van der Waals surface area contributed by atoms with Gasteiger partial charge in [-0.3, -0.25) is 28.2 Å². The number of esters is 4. The highest BCUT2D eigenvalue weighted by atomic mass is 31.2. The Kier molecular flexibility index (Phi) is 64.0. The van der Waals surface area contributed by atoms with Crippen LogP contribution in [-0.2, 0) is 70.7 Å². The lowest BCUT2D eigenvalue weighted by atomic mass is 9.84. The predicted molar refractivity (Wildman–Crippen MR) is 453 cm³/mol. The van der Waals surface area contributed by atoms with Crippen molar-refractivity contribution in [2.45, 2.75) is 498 Å². The van der Waals surface area contributed by atoms with Crippen LogP contribution in [0.15, 0.2) is 24.3 Å².